The Labute approximate surface area is 216 Å². The predicted octanol–water partition coefficient (Wildman–Crippen LogP) is 7.23. The molecular formula is C30H31NO4S. The summed E-state index contributed by atoms with van der Waals surface area (Å²) in [4.78, 5) is 18.3. The molecule has 4 aromatic rings. The van der Waals surface area contributed by atoms with Crippen LogP contribution in [0.1, 0.15) is 48.3 Å². The first-order valence-electron chi connectivity index (χ1n) is 12.5. The van der Waals surface area contributed by atoms with E-state index >= 15 is 0 Å². The summed E-state index contributed by atoms with van der Waals surface area (Å²) in [5, 5.41) is 2.08. The number of ether oxygens (including phenoxy) is 2. The van der Waals surface area contributed by atoms with Crippen LogP contribution in [0.2, 0.25) is 0 Å². The minimum Gasteiger partial charge on any atom is -0.492 e. The fourth-order valence-corrected chi connectivity index (χ4v) is 5.96. The van der Waals surface area contributed by atoms with E-state index in [1.54, 1.807) is 11.3 Å². The van der Waals surface area contributed by atoms with Crippen LogP contribution in [0.4, 0.5) is 0 Å². The molecule has 5 nitrogen and oxygen atoms in total. The summed E-state index contributed by atoms with van der Waals surface area (Å²) in [5.41, 5.74) is 5.48. The molecule has 0 N–H and O–H groups in total. The molecular weight excluding hydrogens is 470 g/mol. The van der Waals surface area contributed by atoms with Gasteiger partial charge in [-0.15, -0.1) is 11.3 Å². The normalized spacial score (nSPS) is 15.5. The molecule has 0 saturated heterocycles. The average Bonchev–Trinajstić information content (AvgIpc) is 3.65. The molecule has 2 unspecified atom stereocenters. The van der Waals surface area contributed by atoms with Gasteiger partial charge >= 0.3 is 5.97 Å². The summed E-state index contributed by atoms with van der Waals surface area (Å²) in [5.74, 6) is 2.29. The first kappa shape index (κ1) is 24.3. The fraction of sp³-hybridized carbons (Fsp3) is 0.333. The minimum atomic E-state index is -0.119. The van der Waals surface area contributed by atoms with Crippen molar-refractivity contribution in [2.75, 3.05) is 13.7 Å². The van der Waals surface area contributed by atoms with Gasteiger partial charge in [0.05, 0.1) is 25.3 Å². The Morgan fingerprint density at radius 2 is 2.03 bits per heavy atom. The van der Waals surface area contributed by atoms with Crippen molar-refractivity contribution in [2.45, 2.75) is 45.4 Å². The van der Waals surface area contributed by atoms with E-state index in [0.29, 0.717) is 18.9 Å². The molecule has 2 heterocycles. The smallest absolute Gasteiger partial charge is 0.309 e. The standard InChI is InChI=1S/C30H31NO4S/c1-4-22(30(32)33-3)23-13-12-21-17-27(25(18-24(21)23)28-11-8-16-36-28)34-15-14-26-19(2)35-29(31-26)20-9-6-5-7-10-20/h5-11,16-18,22-23H,4,12-15H2,1-3H3. The number of esters is 1. The monoisotopic (exact) mass is 501 g/mol. The van der Waals surface area contributed by atoms with Gasteiger partial charge in [0.2, 0.25) is 5.89 Å². The van der Waals surface area contributed by atoms with E-state index in [1.165, 1.54) is 18.2 Å². The number of fused-ring (bicyclic) bond motifs is 1. The van der Waals surface area contributed by atoms with Crippen LogP contribution in [0, 0.1) is 12.8 Å². The van der Waals surface area contributed by atoms with Gasteiger partial charge in [-0.25, -0.2) is 4.98 Å². The van der Waals surface area contributed by atoms with Crippen LogP contribution in [-0.4, -0.2) is 24.7 Å². The Morgan fingerprint density at radius 1 is 1.19 bits per heavy atom. The Kier molecular flexibility index (Phi) is 7.23. The van der Waals surface area contributed by atoms with Gasteiger partial charge in [0.1, 0.15) is 11.5 Å². The van der Waals surface area contributed by atoms with E-state index in [9.17, 15) is 4.79 Å². The Bertz CT molecular complexity index is 1330. The van der Waals surface area contributed by atoms with Crippen LogP contribution in [0.15, 0.2) is 64.4 Å². The van der Waals surface area contributed by atoms with Crippen molar-refractivity contribution < 1.29 is 18.7 Å². The molecule has 0 fully saturated rings. The quantitative estimate of drug-likeness (QED) is 0.226. The van der Waals surface area contributed by atoms with Crippen molar-refractivity contribution in [1.82, 2.24) is 4.98 Å². The number of aromatic nitrogens is 1. The van der Waals surface area contributed by atoms with Gasteiger partial charge in [0, 0.05) is 22.4 Å². The highest BCUT2D eigenvalue weighted by atomic mass is 32.1. The third-order valence-corrected chi connectivity index (χ3v) is 7.99. The number of nitrogens with zero attached hydrogens (tertiary/aromatic N) is 1. The molecule has 0 amide bonds. The number of rotatable bonds is 9. The molecule has 5 rings (SSSR count). The molecule has 186 valence electrons. The Morgan fingerprint density at radius 3 is 2.75 bits per heavy atom. The molecule has 1 aliphatic rings. The topological polar surface area (TPSA) is 61.6 Å². The molecule has 36 heavy (non-hydrogen) atoms. The molecule has 2 aromatic carbocycles. The van der Waals surface area contributed by atoms with Gasteiger partial charge < -0.3 is 13.9 Å². The minimum absolute atomic E-state index is 0.117. The maximum atomic E-state index is 12.5. The summed E-state index contributed by atoms with van der Waals surface area (Å²) in [6, 6.07) is 18.5. The molecule has 0 radical (unpaired) electrons. The summed E-state index contributed by atoms with van der Waals surface area (Å²) >= 11 is 1.70. The summed E-state index contributed by atoms with van der Waals surface area (Å²) in [7, 11) is 1.48. The zero-order chi connectivity index (χ0) is 25.1. The van der Waals surface area contributed by atoms with Crippen LogP contribution >= 0.6 is 11.3 Å². The highest BCUT2D eigenvalue weighted by Crippen LogP contribution is 2.45. The van der Waals surface area contributed by atoms with Crippen LogP contribution in [0.3, 0.4) is 0 Å². The SMILES string of the molecule is CCC(C(=O)OC)C1CCc2cc(OCCc3nc(-c4ccccc4)oc3C)c(-c3cccs3)cc21. The Balaban J connectivity index is 1.38. The summed E-state index contributed by atoms with van der Waals surface area (Å²) < 4.78 is 17.4. The lowest BCUT2D eigenvalue weighted by molar-refractivity contribution is -0.146. The van der Waals surface area contributed by atoms with Crippen LogP contribution in [0.25, 0.3) is 21.9 Å². The number of hydrogen-bond acceptors (Lipinski definition) is 6. The van der Waals surface area contributed by atoms with Crippen molar-refractivity contribution in [3.8, 4) is 27.6 Å². The molecule has 0 saturated carbocycles. The molecule has 2 aromatic heterocycles. The van der Waals surface area contributed by atoms with Crippen LogP contribution in [0.5, 0.6) is 5.75 Å². The van der Waals surface area contributed by atoms with E-state index < -0.39 is 0 Å². The number of thiophene rings is 1. The van der Waals surface area contributed by atoms with Crippen molar-refractivity contribution in [3.05, 3.63) is 82.6 Å². The van der Waals surface area contributed by atoms with Crippen molar-refractivity contribution >= 4 is 17.3 Å². The maximum absolute atomic E-state index is 12.5. The second-order valence-electron chi connectivity index (χ2n) is 9.19. The third kappa shape index (κ3) is 4.82. The average molecular weight is 502 g/mol. The lowest BCUT2D eigenvalue weighted by Gasteiger charge is -2.22. The lowest BCUT2D eigenvalue weighted by Crippen LogP contribution is -2.21. The first-order valence-corrected chi connectivity index (χ1v) is 13.4. The number of hydrogen-bond donors (Lipinski definition) is 0. The summed E-state index contributed by atoms with van der Waals surface area (Å²) in [6.45, 7) is 4.52. The van der Waals surface area contributed by atoms with Crippen molar-refractivity contribution in [1.29, 1.82) is 0 Å². The fourth-order valence-electron chi connectivity index (χ4n) is 5.22. The predicted molar refractivity (Wildman–Crippen MR) is 142 cm³/mol. The van der Waals surface area contributed by atoms with Crippen molar-refractivity contribution in [2.24, 2.45) is 5.92 Å². The number of aryl methyl sites for hydroxylation is 2. The highest BCUT2D eigenvalue weighted by molar-refractivity contribution is 7.13. The molecule has 2 atom stereocenters. The van der Waals surface area contributed by atoms with E-state index in [-0.39, 0.29) is 17.8 Å². The zero-order valence-electron chi connectivity index (χ0n) is 21.0. The second kappa shape index (κ2) is 10.7. The van der Waals surface area contributed by atoms with E-state index in [0.717, 1.165) is 52.5 Å². The number of methoxy groups -OCH3 is 1. The van der Waals surface area contributed by atoms with E-state index in [4.69, 9.17) is 18.9 Å². The number of carbonyl (C=O) groups is 1. The number of benzene rings is 2. The van der Waals surface area contributed by atoms with Gasteiger partial charge in [-0.05, 0) is 78.9 Å². The van der Waals surface area contributed by atoms with Crippen LogP contribution in [-0.2, 0) is 22.4 Å². The van der Waals surface area contributed by atoms with E-state index in [2.05, 4.69) is 36.6 Å². The Hall–Kier alpha value is -3.38. The highest BCUT2D eigenvalue weighted by Gasteiger charge is 2.35. The van der Waals surface area contributed by atoms with Gasteiger partial charge in [0.15, 0.2) is 0 Å². The van der Waals surface area contributed by atoms with E-state index in [1.807, 2.05) is 37.3 Å². The third-order valence-electron chi connectivity index (χ3n) is 7.09. The number of carbonyl (C=O) groups excluding carboxylic acids is 1. The van der Waals surface area contributed by atoms with Gasteiger partial charge in [-0.3, -0.25) is 4.79 Å². The largest absolute Gasteiger partial charge is 0.492 e. The van der Waals surface area contributed by atoms with Gasteiger partial charge in [-0.1, -0.05) is 31.2 Å². The maximum Gasteiger partial charge on any atom is 0.309 e. The van der Waals surface area contributed by atoms with Crippen molar-refractivity contribution in [3.63, 3.8) is 0 Å². The molecule has 1 aliphatic carbocycles. The lowest BCUT2D eigenvalue weighted by atomic mass is 9.84. The zero-order valence-corrected chi connectivity index (χ0v) is 21.8. The van der Waals surface area contributed by atoms with Gasteiger partial charge in [-0.2, -0.15) is 0 Å². The first-order chi connectivity index (χ1) is 17.6. The molecule has 6 heteroatoms. The molecule has 0 spiro atoms. The van der Waals surface area contributed by atoms with Crippen LogP contribution < -0.4 is 4.74 Å². The summed E-state index contributed by atoms with van der Waals surface area (Å²) in [6.07, 6.45) is 3.32. The molecule has 0 aliphatic heterocycles. The second-order valence-corrected chi connectivity index (χ2v) is 10.1. The molecule has 0 bridgehead atoms. The van der Waals surface area contributed by atoms with Gasteiger partial charge in [0.25, 0.3) is 0 Å². The number of oxazole rings is 1.